The number of alkyl halides is 1. The van der Waals surface area contributed by atoms with Crippen molar-refractivity contribution in [3.05, 3.63) is 34.4 Å². The number of hydrogen-bond acceptors (Lipinski definition) is 5. The summed E-state index contributed by atoms with van der Waals surface area (Å²) in [6, 6.07) is 5.86. The Kier molecular flexibility index (Phi) is 4.61. The van der Waals surface area contributed by atoms with Crippen LogP contribution in [-0.2, 0) is 14.3 Å². The fourth-order valence-electron chi connectivity index (χ4n) is 5.70. The summed E-state index contributed by atoms with van der Waals surface area (Å²) in [6.45, 7) is 1.49. The van der Waals surface area contributed by atoms with E-state index in [0.717, 1.165) is 32.1 Å². The Balaban J connectivity index is 1.44. The molecule has 3 unspecified atom stereocenters. The molecule has 4 bridgehead atoms. The number of amides is 1. The third kappa shape index (κ3) is 3.36. The average Bonchev–Trinajstić information content (AvgIpc) is 2.59. The standard InChI is InChI=1S/C20H23ClN2O5/c1-12(17(24)22-15-4-2-3-5-16(15)23(26)27)28-18(25)19-7-13-6-14(8-19)10-20(21,9-13)11-19/h2-5,12-14H,6-11H2,1H3,(H,22,24). The zero-order valence-corrected chi connectivity index (χ0v) is 16.4. The summed E-state index contributed by atoms with van der Waals surface area (Å²) in [4.78, 5) is 35.7. The van der Waals surface area contributed by atoms with Gasteiger partial charge in [-0.25, -0.2) is 0 Å². The first kappa shape index (κ1) is 19.2. The van der Waals surface area contributed by atoms with E-state index in [1.54, 1.807) is 6.07 Å². The van der Waals surface area contributed by atoms with Crippen LogP contribution in [0, 0.1) is 27.4 Å². The Hall–Kier alpha value is -2.15. The molecule has 1 amide bonds. The lowest BCUT2D eigenvalue weighted by molar-refractivity contribution is -0.383. The molecule has 28 heavy (non-hydrogen) atoms. The molecule has 1 aromatic carbocycles. The van der Waals surface area contributed by atoms with Crippen LogP contribution in [-0.4, -0.2) is 27.8 Å². The molecule has 4 aliphatic rings. The summed E-state index contributed by atoms with van der Waals surface area (Å²) < 4.78 is 5.54. The first-order chi connectivity index (χ1) is 13.2. The number of rotatable bonds is 5. The Bertz CT molecular complexity index is 828. The molecule has 1 N–H and O–H groups in total. The second-order valence-electron chi connectivity index (χ2n) is 8.70. The number of ether oxygens (including phenoxy) is 1. The van der Waals surface area contributed by atoms with Gasteiger partial charge in [0, 0.05) is 10.9 Å². The van der Waals surface area contributed by atoms with Crippen molar-refractivity contribution in [3.63, 3.8) is 0 Å². The number of carbonyl (C=O) groups excluding carboxylic acids is 2. The number of hydrogen-bond donors (Lipinski definition) is 1. The van der Waals surface area contributed by atoms with Crippen molar-refractivity contribution in [3.8, 4) is 0 Å². The van der Waals surface area contributed by atoms with Crippen molar-refractivity contribution in [2.75, 3.05) is 5.32 Å². The highest BCUT2D eigenvalue weighted by Crippen LogP contribution is 2.64. The lowest BCUT2D eigenvalue weighted by Crippen LogP contribution is -2.57. The summed E-state index contributed by atoms with van der Waals surface area (Å²) in [5, 5.41) is 13.6. The van der Waals surface area contributed by atoms with Gasteiger partial charge in [0.05, 0.1) is 10.3 Å². The second-order valence-corrected chi connectivity index (χ2v) is 9.51. The van der Waals surface area contributed by atoms with E-state index >= 15 is 0 Å². The number of benzene rings is 1. The number of esters is 1. The molecule has 4 aliphatic carbocycles. The van der Waals surface area contributed by atoms with Gasteiger partial charge >= 0.3 is 5.97 Å². The van der Waals surface area contributed by atoms with Gasteiger partial charge in [-0.2, -0.15) is 0 Å². The summed E-state index contributed by atoms with van der Waals surface area (Å²) >= 11 is 6.77. The topological polar surface area (TPSA) is 98.5 Å². The quantitative estimate of drug-likeness (QED) is 0.344. The molecule has 0 aliphatic heterocycles. The van der Waals surface area contributed by atoms with Gasteiger partial charge < -0.3 is 10.1 Å². The van der Waals surface area contributed by atoms with Crippen molar-refractivity contribution >= 4 is 34.9 Å². The molecule has 0 saturated heterocycles. The Morgan fingerprint density at radius 1 is 1.25 bits per heavy atom. The van der Waals surface area contributed by atoms with E-state index in [9.17, 15) is 19.7 Å². The van der Waals surface area contributed by atoms with Crippen LogP contribution in [0.3, 0.4) is 0 Å². The average molecular weight is 407 g/mol. The molecule has 0 radical (unpaired) electrons. The highest BCUT2D eigenvalue weighted by molar-refractivity contribution is 6.24. The van der Waals surface area contributed by atoms with Crippen molar-refractivity contribution in [2.45, 2.75) is 56.4 Å². The number of anilines is 1. The molecular weight excluding hydrogens is 384 g/mol. The zero-order chi connectivity index (χ0) is 20.1. The predicted molar refractivity (Wildman–Crippen MR) is 103 cm³/mol. The van der Waals surface area contributed by atoms with Crippen LogP contribution in [0.5, 0.6) is 0 Å². The minimum Gasteiger partial charge on any atom is -0.452 e. The predicted octanol–water partition coefficient (Wildman–Crippen LogP) is 4.04. The van der Waals surface area contributed by atoms with E-state index in [0.29, 0.717) is 18.3 Å². The monoisotopic (exact) mass is 406 g/mol. The minimum absolute atomic E-state index is 0.0786. The molecule has 150 valence electrons. The van der Waals surface area contributed by atoms with Gasteiger partial charge in [0.1, 0.15) is 5.69 Å². The SMILES string of the molecule is CC(OC(=O)C12CC3CC(CC(Cl)(C3)C1)C2)C(=O)Nc1ccccc1[N+](=O)[O-]. The van der Waals surface area contributed by atoms with E-state index in [1.165, 1.54) is 25.1 Å². The van der Waals surface area contributed by atoms with E-state index < -0.39 is 22.3 Å². The molecule has 7 nitrogen and oxygen atoms in total. The number of nitrogens with one attached hydrogen (secondary N) is 1. The van der Waals surface area contributed by atoms with Crippen LogP contribution in [0.2, 0.25) is 0 Å². The fourth-order valence-corrected chi connectivity index (χ4v) is 6.39. The molecule has 0 spiro atoms. The molecule has 4 saturated carbocycles. The Morgan fingerprint density at radius 3 is 2.50 bits per heavy atom. The highest BCUT2D eigenvalue weighted by Gasteiger charge is 2.61. The Morgan fingerprint density at radius 2 is 1.89 bits per heavy atom. The number of para-hydroxylation sites is 2. The second kappa shape index (κ2) is 6.72. The third-order valence-electron chi connectivity index (χ3n) is 6.43. The van der Waals surface area contributed by atoms with Crippen molar-refractivity contribution in [1.29, 1.82) is 0 Å². The third-order valence-corrected chi connectivity index (χ3v) is 6.88. The van der Waals surface area contributed by atoms with Gasteiger partial charge in [-0.1, -0.05) is 12.1 Å². The maximum absolute atomic E-state index is 13.0. The van der Waals surface area contributed by atoms with Gasteiger partial charge in [0.2, 0.25) is 0 Å². The first-order valence-electron chi connectivity index (χ1n) is 9.64. The molecule has 3 atom stereocenters. The van der Waals surface area contributed by atoms with Crippen LogP contribution >= 0.6 is 11.6 Å². The summed E-state index contributed by atoms with van der Waals surface area (Å²) in [6.07, 6.45) is 4.13. The number of carbonyl (C=O) groups is 2. The fraction of sp³-hybridized carbons (Fsp3) is 0.600. The molecule has 0 aromatic heterocycles. The molecule has 4 fully saturated rings. The van der Waals surface area contributed by atoms with Crippen molar-refractivity contribution in [2.24, 2.45) is 17.3 Å². The lowest BCUT2D eigenvalue weighted by Gasteiger charge is -2.58. The van der Waals surface area contributed by atoms with Gasteiger partial charge in [0.25, 0.3) is 11.6 Å². The maximum Gasteiger partial charge on any atom is 0.312 e. The van der Waals surface area contributed by atoms with E-state index in [4.69, 9.17) is 16.3 Å². The van der Waals surface area contributed by atoms with Crippen molar-refractivity contribution in [1.82, 2.24) is 0 Å². The van der Waals surface area contributed by atoms with Crippen molar-refractivity contribution < 1.29 is 19.2 Å². The minimum atomic E-state index is -1.05. The molecule has 0 heterocycles. The summed E-state index contributed by atoms with van der Waals surface area (Å²) in [7, 11) is 0. The summed E-state index contributed by atoms with van der Waals surface area (Å²) in [5.41, 5.74) is -0.728. The Labute approximate surface area is 167 Å². The normalized spacial score (nSPS) is 33.9. The molecule has 8 heteroatoms. The number of nitrogens with zero attached hydrogens (tertiary/aromatic N) is 1. The smallest absolute Gasteiger partial charge is 0.312 e. The molecular formula is C20H23ClN2O5. The number of nitro benzene ring substituents is 1. The van der Waals surface area contributed by atoms with Crippen LogP contribution < -0.4 is 5.32 Å². The zero-order valence-electron chi connectivity index (χ0n) is 15.7. The van der Waals surface area contributed by atoms with Gasteiger partial charge in [0.15, 0.2) is 6.10 Å². The van der Waals surface area contributed by atoms with Crippen LogP contribution in [0.1, 0.15) is 45.4 Å². The van der Waals surface area contributed by atoms with E-state index in [1.807, 2.05) is 0 Å². The lowest BCUT2D eigenvalue weighted by atomic mass is 9.49. The first-order valence-corrected chi connectivity index (χ1v) is 10.0. The van der Waals surface area contributed by atoms with E-state index in [-0.39, 0.29) is 22.2 Å². The van der Waals surface area contributed by atoms with Crippen LogP contribution in [0.4, 0.5) is 11.4 Å². The largest absolute Gasteiger partial charge is 0.452 e. The van der Waals surface area contributed by atoms with Crippen LogP contribution in [0.15, 0.2) is 24.3 Å². The summed E-state index contributed by atoms with van der Waals surface area (Å²) in [5.74, 6) is -0.0606. The van der Waals surface area contributed by atoms with Crippen LogP contribution in [0.25, 0.3) is 0 Å². The number of halogens is 1. The molecule has 5 rings (SSSR count). The van der Waals surface area contributed by atoms with Gasteiger partial charge in [-0.05, 0) is 63.4 Å². The maximum atomic E-state index is 13.0. The van der Waals surface area contributed by atoms with E-state index in [2.05, 4.69) is 5.32 Å². The van der Waals surface area contributed by atoms with Gasteiger partial charge in [-0.15, -0.1) is 11.6 Å². The number of nitro groups is 1. The molecule has 1 aromatic rings. The highest BCUT2D eigenvalue weighted by atomic mass is 35.5. The van der Waals surface area contributed by atoms with Gasteiger partial charge in [-0.3, -0.25) is 19.7 Å².